The molecule has 0 saturated carbocycles. The van der Waals surface area contributed by atoms with E-state index < -0.39 is 0 Å². The van der Waals surface area contributed by atoms with E-state index in [0.29, 0.717) is 34.4 Å². The lowest BCUT2D eigenvalue weighted by Crippen LogP contribution is -2.10. The van der Waals surface area contributed by atoms with Gasteiger partial charge in [-0.1, -0.05) is 84.9 Å². The largest absolute Gasteiger partial charge is 0.451 e. The third kappa shape index (κ3) is 3.88. The Morgan fingerprint density at radius 1 is 0.732 bits per heavy atom. The van der Waals surface area contributed by atoms with Crippen molar-refractivity contribution in [3.05, 3.63) is 83.9 Å². The number of hydrogen-bond donors (Lipinski definition) is 0. The van der Waals surface area contributed by atoms with Crippen LogP contribution >= 0.6 is 0 Å². The van der Waals surface area contributed by atoms with Crippen LogP contribution in [0.15, 0.2) is 75.7 Å². The molecule has 0 bridgehead atoms. The highest BCUT2D eigenvalue weighted by Gasteiger charge is 2.27. The summed E-state index contributed by atoms with van der Waals surface area (Å²) < 4.78 is 15.1. The highest BCUT2D eigenvalue weighted by molar-refractivity contribution is 6.13. The summed E-state index contributed by atoms with van der Waals surface area (Å²) in [6.07, 6.45) is 1.75. The molecule has 0 aliphatic heterocycles. The predicted octanol–water partition coefficient (Wildman–Crippen LogP) is 9.67. The average molecular weight is 543 g/mol. The van der Waals surface area contributed by atoms with Crippen LogP contribution in [0, 0.1) is 0 Å². The van der Waals surface area contributed by atoms with Crippen LogP contribution in [-0.2, 0) is 5.41 Å². The summed E-state index contributed by atoms with van der Waals surface area (Å²) in [5.74, 6) is 2.18. The predicted molar refractivity (Wildman–Crippen MR) is 166 cm³/mol. The lowest BCUT2D eigenvalue weighted by atomic mass is 9.92. The maximum absolute atomic E-state index is 6.68. The zero-order valence-corrected chi connectivity index (χ0v) is 24.6. The number of aromatic nitrogens is 4. The third-order valence-corrected chi connectivity index (χ3v) is 7.88. The maximum atomic E-state index is 6.68. The minimum Gasteiger partial charge on any atom is -0.451 e. The molecule has 7 rings (SSSR count). The molecule has 6 nitrogen and oxygen atoms in total. The number of benzene rings is 3. The Morgan fingerprint density at radius 2 is 1.44 bits per heavy atom. The van der Waals surface area contributed by atoms with E-state index in [1.54, 1.807) is 6.20 Å². The van der Waals surface area contributed by atoms with Gasteiger partial charge in [-0.05, 0) is 47.2 Å². The van der Waals surface area contributed by atoms with E-state index in [1.165, 1.54) is 16.8 Å². The van der Waals surface area contributed by atoms with Gasteiger partial charge >= 0.3 is 0 Å². The Labute approximate surface area is 239 Å². The number of furan rings is 1. The molecule has 0 unspecified atom stereocenters. The van der Waals surface area contributed by atoms with Gasteiger partial charge in [-0.2, -0.15) is 0 Å². The molecule has 0 amide bonds. The minimum absolute atomic E-state index is 0.231. The van der Waals surface area contributed by atoms with E-state index in [1.807, 2.05) is 6.07 Å². The van der Waals surface area contributed by atoms with Crippen LogP contribution in [0.1, 0.15) is 77.3 Å². The van der Waals surface area contributed by atoms with Crippen LogP contribution < -0.4 is 0 Å². The summed E-state index contributed by atoms with van der Waals surface area (Å²) in [5, 5.41) is 0.930. The second-order valence-corrected chi connectivity index (χ2v) is 12.6. The molecule has 0 fully saturated rings. The Hall–Kier alpha value is -4.45. The van der Waals surface area contributed by atoms with Crippen LogP contribution in [0.2, 0.25) is 0 Å². The standard InChI is InChI=1S/C35H34N4O2/c1-19(2)21-12-10-13-22(20(3)4)30(21)39-26-17-9-8-16-25(26)37-33(39)24-15-11-14-23-28-32(41-31(23)24)29-27(18-36-28)40-34(38-29)35(5,6)7/h8-20H,1-7H3. The summed E-state index contributed by atoms with van der Waals surface area (Å²) in [6.45, 7) is 15.3. The molecule has 0 spiro atoms. The van der Waals surface area contributed by atoms with Crippen molar-refractivity contribution in [1.82, 2.24) is 19.5 Å². The van der Waals surface area contributed by atoms with Gasteiger partial charge in [-0.3, -0.25) is 4.57 Å². The number of hydrogen-bond acceptors (Lipinski definition) is 5. The number of fused-ring (bicyclic) bond motifs is 6. The fraction of sp³-hybridized carbons (Fsp3) is 0.286. The lowest BCUT2D eigenvalue weighted by Gasteiger charge is -2.22. The first kappa shape index (κ1) is 25.5. The van der Waals surface area contributed by atoms with Gasteiger partial charge in [0.15, 0.2) is 16.7 Å². The molecule has 206 valence electrons. The zero-order valence-electron chi connectivity index (χ0n) is 24.6. The number of imidazole rings is 1. The molecule has 6 heteroatoms. The first-order valence-corrected chi connectivity index (χ1v) is 14.4. The SMILES string of the molecule is CC(C)c1cccc(C(C)C)c1-n1c(-c2cccc3c2oc2c4nc(C(C)(C)C)oc4cnc32)nc2ccccc21. The van der Waals surface area contributed by atoms with E-state index in [2.05, 4.69) is 108 Å². The highest BCUT2D eigenvalue weighted by atomic mass is 16.4. The molecule has 0 radical (unpaired) electrons. The molecule has 0 N–H and O–H groups in total. The first-order chi connectivity index (χ1) is 19.6. The zero-order chi connectivity index (χ0) is 28.6. The van der Waals surface area contributed by atoms with Gasteiger partial charge in [-0.25, -0.2) is 15.0 Å². The van der Waals surface area contributed by atoms with Crippen LogP contribution in [0.25, 0.3) is 61.3 Å². The Bertz CT molecular complexity index is 2070. The quantitative estimate of drug-likeness (QED) is 0.221. The van der Waals surface area contributed by atoms with Crippen molar-refractivity contribution in [3.8, 4) is 17.1 Å². The van der Waals surface area contributed by atoms with E-state index in [0.717, 1.165) is 38.9 Å². The Kier molecular flexibility index (Phi) is 5.62. The van der Waals surface area contributed by atoms with E-state index in [9.17, 15) is 0 Å². The molecule has 4 aromatic heterocycles. The number of nitrogens with zero attached hydrogens (tertiary/aromatic N) is 4. The van der Waals surface area contributed by atoms with Gasteiger partial charge in [0.2, 0.25) is 5.89 Å². The van der Waals surface area contributed by atoms with Crippen LogP contribution in [0.5, 0.6) is 0 Å². The first-order valence-electron chi connectivity index (χ1n) is 14.4. The number of oxazole rings is 1. The van der Waals surface area contributed by atoms with Gasteiger partial charge in [0.1, 0.15) is 16.9 Å². The second kappa shape index (κ2) is 9.03. The fourth-order valence-electron chi connectivity index (χ4n) is 5.80. The third-order valence-electron chi connectivity index (χ3n) is 7.88. The summed E-state index contributed by atoms with van der Waals surface area (Å²) in [6, 6.07) is 21.2. The van der Waals surface area contributed by atoms with Crippen molar-refractivity contribution in [2.75, 3.05) is 0 Å². The minimum atomic E-state index is -0.231. The second-order valence-electron chi connectivity index (χ2n) is 12.6. The molecule has 0 atom stereocenters. The van der Waals surface area contributed by atoms with Crippen LogP contribution in [0.3, 0.4) is 0 Å². The number of rotatable bonds is 4. The van der Waals surface area contributed by atoms with Crippen LogP contribution in [0.4, 0.5) is 0 Å². The molecule has 41 heavy (non-hydrogen) atoms. The van der Waals surface area contributed by atoms with Gasteiger partial charge < -0.3 is 8.83 Å². The molecule has 0 saturated heterocycles. The molecule has 4 heterocycles. The maximum Gasteiger partial charge on any atom is 0.201 e. The van der Waals surface area contributed by atoms with E-state index in [-0.39, 0.29) is 5.41 Å². The van der Waals surface area contributed by atoms with Gasteiger partial charge in [0, 0.05) is 10.8 Å². The van der Waals surface area contributed by atoms with Crippen molar-refractivity contribution in [1.29, 1.82) is 0 Å². The number of para-hydroxylation sites is 4. The normalized spacial score (nSPS) is 12.7. The Balaban J connectivity index is 1.58. The highest BCUT2D eigenvalue weighted by Crippen LogP contribution is 2.42. The summed E-state index contributed by atoms with van der Waals surface area (Å²) >= 11 is 0. The van der Waals surface area contributed by atoms with Crippen molar-refractivity contribution >= 4 is 44.2 Å². The van der Waals surface area contributed by atoms with E-state index in [4.69, 9.17) is 23.8 Å². The summed E-state index contributed by atoms with van der Waals surface area (Å²) in [4.78, 5) is 14.8. The van der Waals surface area contributed by atoms with Gasteiger partial charge in [-0.15, -0.1) is 0 Å². The summed E-state index contributed by atoms with van der Waals surface area (Å²) in [5.41, 5.74) is 9.94. The number of pyridine rings is 1. The van der Waals surface area contributed by atoms with Gasteiger partial charge in [0.05, 0.1) is 28.5 Å². The summed E-state index contributed by atoms with van der Waals surface area (Å²) in [7, 11) is 0. The molecular formula is C35H34N4O2. The molecule has 3 aromatic carbocycles. The van der Waals surface area contributed by atoms with Crippen molar-refractivity contribution in [2.45, 2.75) is 65.7 Å². The van der Waals surface area contributed by atoms with Crippen LogP contribution in [-0.4, -0.2) is 19.5 Å². The molecule has 0 aliphatic rings. The van der Waals surface area contributed by atoms with Crippen molar-refractivity contribution < 1.29 is 8.83 Å². The van der Waals surface area contributed by atoms with Crippen molar-refractivity contribution in [2.24, 2.45) is 0 Å². The lowest BCUT2D eigenvalue weighted by molar-refractivity contribution is 0.410. The molecule has 0 aliphatic carbocycles. The fourth-order valence-corrected chi connectivity index (χ4v) is 5.80. The van der Waals surface area contributed by atoms with E-state index >= 15 is 0 Å². The Morgan fingerprint density at radius 3 is 2.15 bits per heavy atom. The van der Waals surface area contributed by atoms with Crippen molar-refractivity contribution in [3.63, 3.8) is 0 Å². The monoisotopic (exact) mass is 542 g/mol. The molecule has 7 aromatic rings. The van der Waals surface area contributed by atoms with Gasteiger partial charge in [0.25, 0.3) is 0 Å². The smallest absolute Gasteiger partial charge is 0.201 e. The molecular weight excluding hydrogens is 508 g/mol. The average Bonchev–Trinajstić information content (AvgIpc) is 3.65. The topological polar surface area (TPSA) is 69.9 Å².